The number of carbonyl (C=O) groups is 3. The van der Waals surface area contributed by atoms with Crippen molar-refractivity contribution in [3.8, 4) is 11.1 Å². The first-order valence-corrected chi connectivity index (χ1v) is 12.6. The average Bonchev–Trinajstić information content (AvgIpc) is 2.92. The lowest BCUT2D eigenvalue weighted by molar-refractivity contribution is -0.128. The molecule has 0 aliphatic heterocycles. The number of nitrogens with two attached hydrogens (primary N) is 3. The zero-order valence-corrected chi connectivity index (χ0v) is 21.3. The molecule has 0 saturated carbocycles. The van der Waals surface area contributed by atoms with Crippen LogP contribution in [-0.2, 0) is 27.4 Å². The molecule has 0 aliphatic carbocycles. The van der Waals surface area contributed by atoms with Gasteiger partial charge in [0.1, 0.15) is 18.7 Å². The first kappa shape index (κ1) is 28.2. The number of hydrogen-bond donors (Lipinski definition) is 5. The van der Waals surface area contributed by atoms with Gasteiger partial charge in [-0.25, -0.2) is 4.79 Å². The van der Waals surface area contributed by atoms with E-state index in [0.29, 0.717) is 31.5 Å². The van der Waals surface area contributed by atoms with Gasteiger partial charge in [0, 0.05) is 12.1 Å². The quantitative estimate of drug-likeness (QED) is 0.173. The smallest absolute Gasteiger partial charge is 0.408 e. The van der Waals surface area contributed by atoms with Crippen molar-refractivity contribution in [3.05, 3.63) is 90.0 Å². The number of unbranched alkanes of at least 4 members (excludes halogenated alkanes) is 1. The van der Waals surface area contributed by atoms with Gasteiger partial charge in [0.2, 0.25) is 11.8 Å². The summed E-state index contributed by atoms with van der Waals surface area (Å²) in [6.07, 6.45) is 1.12. The highest BCUT2D eigenvalue weighted by molar-refractivity contribution is 5.91. The summed E-state index contributed by atoms with van der Waals surface area (Å²) < 4.78 is 5.32. The van der Waals surface area contributed by atoms with E-state index in [0.717, 1.165) is 22.3 Å². The van der Waals surface area contributed by atoms with Gasteiger partial charge >= 0.3 is 6.09 Å². The first-order valence-electron chi connectivity index (χ1n) is 12.6. The number of amides is 3. The Bertz CT molecular complexity index is 1200. The van der Waals surface area contributed by atoms with Gasteiger partial charge in [-0.05, 0) is 60.2 Å². The summed E-state index contributed by atoms with van der Waals surface area (Å²) in [5.41, 5.74) is 21.2. The topological polar surface area (TPSA) is 163 Å². The van der Waals surface area contributed by atoms with Crippen molar-refractivity contribution in [3.63, 3.8) is 0 Å². The van der Waals surface area contributed by atoms with Gasteiger partial charge in [-0.15, -0.1) is 0 Å². The molecule has 0 bridgehead atoms. The van der Waals surface area contributed by atoms with Crippen LogP contribution in [0.15, 0.2) is 78.9 Å². The van der Waals surface area contributed by atoms with Crippen molar-refractivity contribution in [2.45, 2.75) is 44.4 Å². The lowest BCUT2D eigenvalue weighted by Crippen LogP contribution is -2.53. The van der Waals surface area contributed by atoms with E-state index in [1.54, 1.807) is 0 Å². The van der Waals surface area contributed by atoms with Crippen LogP contribution >= 0.6 is 0 Å². The molecule has 0 heterocycles. The standard InChI is InChI=1S/C29H35N5O4/c30-16-5-4-11-25(27(32)35)33-28(36)26(34-29(37)38-19-21-7-2-1-3-8-21)17-20-12-14-22(15-13-20)23-9-6-10-24(31)18-23/h1-3,6-10,12-15,18,25-26H,4-5,11,16-17,19,30-31H2,(H2,32,35)(H,33,36)(H,34,37)/t25-,26-/m0/s1. The van der Waals surface area contributed by atoms with Gasteiger partial charge in [0.05, 0.1) is 0 Å². The molecule has 8 N–H and O–H groups in total. The maximum atomic E-state index is 13.2. The Labute approximate surface area is 222 Å². The van der Waals surface area contributed by atoms with Crippen molar-refractivity contribution < 1.29 is 19.1 Å². The lowest BCUT2D eigenvalue weighted by atomic mass is 9.99. The van der Waals surface area contributed by atoms with Gasteiger partial charge < -0.3 is 32.6 Å². The van der Waals surface area contributed by atoms with Crippen molar-refractivity contribution in [2.75, 3.05) is 12.3 Å². The van der Waals surface area contributed by atoms with E-state index in [-0.39, 0.29) is 13.0 Å². The third-order valence-corrected chi connectivity index (χ3v) is 6.04. The van der Waals surface area contributed by atoms with E-state index in [2.05, 4.69) is 10.6 Å². The number of benzene rings is 3. The molecule has 38 heavy (non-hydrogen) atoms. The summed E-state index contributed by atoms with van der Waals surface area (Å²) in [6.45, 7) is 0.529. The highest BCUT2D eigenvalue weighted by Crippen LogP contribution is 2.22. The van der Waals surface area contributed by atoms with Crippen LogP contribution in [0, 0.1) is 0 Å². The molecule has 0 aromatic heterocycles. The van der Waals surface area contributed by atoms with Crippen LogP contribution in [0.1, 0.15) is 30.4 Å². The largest absolute Gasteiger partial charge is 0.445 e. The summed E-state index contributed by atoms with van der Waals surface area (Å²) in [7, 11) is 0. The minimum atomic E-state index is -0.993. The Kier molecular flexibility index (Phi) is 10.7. The minimum absolute atomic E-state index is 0.0545. The molecular formula is C29H35N5O4. The predicted molar refractivity (Wildman–Crippen MR) is 148 cm³/mol. The maximum Gasteiger partial charge on any atom is 0.408 e. The van der Waals surface area contributed by atoms with Crippen LogP contribution in [0.2, 0.25) is 0 Å². The predicted octanol–water partition coefficient (Wildman–Crippen LogP) is 2.87. The molecular weight excluding hydrogens is 482 g/mol. The molecule has 9 nitrogen and oxygen atoms in total. The Morgan fingerprint density at radius 2 is 1.53 bits per heavy atom. The van der Waals surface area contributed by atoms with Crippen LogP contribution in [-0.4, -0.2) is 36.5 Å². The Morgan fingerprint density at radius 3 is 2.18 bits per heavy atom. The van der Waals surface area contributed by atoms with Crippen molar-refractivity contribution >= 4 is 23.6 Å². The number of nitrogens with one attached hydrogen (secondary N) is 2. The number of primary amides is 1. The van der Waals surface area contributed by atoms with Gasteiger partial charge in [0.15, 0.2) is 0 Å². The Balaban J connectivity index is 1.72. The Hall–Kier alpha value is -4.37. The second-order valence-electron chi connectivity index (χ2n) is 9.03. The SMILES string of the molecule is NCCCC[C@H](NC(=O)[C@H](Cc1ccc(-c2cccc(N)c2)cc1)NC(=O)OCc1ccccc1)C(N)=O. The second-order valence-corrected chi connectivity index (χ2v) is 9.03. The second kappa shape index (κ2) is 14.4. The number of ether oxygens (including phenoxy) is 1. The van der Waals surface area contributed by atoms with Crippen LogP contribution in [0.5, 0.6) is 0 Å². The van der Waals surface area contributed by atoms with Gasteiger partial charge in [-0.3, -0.25) is 9.59 Å². The molecule has 0 aliphatic rings. The molecule has 0 saturated heterocycles. The van der Waals surface area contributed by atoms with E-state index >= 15 is 0 Å². The molecule has 0 fully saturated rings. The highest BCUT2D eigenvalue weighted by Gasteiger charge is 2.26. The maximum absolute atomic E-state index is 13.2. The van der Waals surface area contributed by atoms with Crippen molar-refractivity contribution in [1.29, 1.82) is 0 Å². The number of anilines is 1. The summed E-state index contributed by atoms with van der Waals surface area (Å²) in [4.78, 5) is 37.7. The van der Waals surface area contributed by atoms with Crippen molar-refractivity contribution in [2.24, 2.45) is 11.5 Å². The molecule has 3 aromatic rings. The van der Waals surface area contributed by atoms with Crippen LogP contribution in [0.4, 0.5) is 10.5 Å². The van der Waals surface area contributed by atoms with Gasteiger partial charge in [-0.1, -0.05) is 66.7 Å². The summed E-state index contributed by atoms with van der Waals surface area (Å²) in [5, 5.41) is 5.32. The fraction of sp³-hybridized carbons (Fsp3) is 0.276. The third-order valence-electron chi connectivity index (χ3n) is 6.04. The first-order chi connectivity index (χ1) is 18.4. The molecule has 3 aromatic carbocycles. The molecule has 3 rings (SSSR count). The van der Waals surface area contributed by atoms with E-state index in [9.17, 15) is 14.4 Å². The highest BCUT2D eigenvalue weighted by atomic mass is 16.5. The number of hydrogen-bond acceptors (Lipinski definition) is 6. The molecule has 3 amide bonds. The zero-order valence-electron chi connectivity index (χ0n) is 21.3. The minimum Gasteiger partial charge on any atom is -0.445 e. The normalized spacial score (nSPS) is 12.2. The third kappa shape index (κ3) is 8.94. The number of rotatable bonds is 13. The van der Waals surface area contributed by atoms with E-state index in [1.165, 1.54) is 0 Å². The molecule has 2 atom stereocenters. The molecule has 0 radical (unpaired) electrons. The number of alkyl carbamates (subject to hydrolysis) is 1. The average molecular weight is 518 g/mol. The lowest BCUT2D eigenvalue weighted by Gasteiger charge is -2.22. The van der Waals surface area contributed by atoms with Crippen molar-refractivity contribution in [1.82, 2.24) is 10.6 Å². The van der Waals surface area contributed by atoms with Crippen LogP contribution in [0.25, 0.3) is 11.1 Å². The summed E-state index contributed by atoms with van der Waals surface area (Å²) >= 11 is 0. The molecule has 9 heteroatoms. The van der Waals surface area contributed by atoms with Crippen LogP contribution in [0.3, 0.4) is 0 Å². The summed E-state index contributed by atoms with van der Waals surface area (Å²) in [6, 6.07) is 22.5. The monoisotopic (exact) mass is 517 g/mol. The number of carbonyl (C=O) groups excluding carboxylic acids is 3. The fourth-order valence-corrected chi connectivity index (χ4v) is 3.95. The summed E-state index contributed by atoms with van der Waals surface area (Å²) in [5.74, 6) is -1.18. The zero-order chi connectivity index (χ0) is 27.3. The van der Waals surface area contributed by atoms with Crippen LogP contribution < -0.4 is 27.8 Å². The van der Waals surface area contributed by atoms with Gasteiger partial charge in [-0.2, -0.15) is 0 Å². The van der Waals surface area contributed by atoms with Gasteiger partial charge in [0.25, 0.3) is 0 Å². The molecule has 0 spiro atoms. The molecule has 0 unspecified atom stereocenters. The number of nitrogen functional groups attached to an aromatic ring is 1. The molecule has 200 valence electrons. The Morgan fingerprint density at radius 1 is 0.789 bits per heavy atom. The van der Waals surface area contributed by atoms with E-state index < -0.39 is 30.0 Å². The van der Waals surface area contributed by atoms with E-state index in [1.807, 2.05) is 78.9 Å². The van der Waals surface area contributed by atoms with E-state index in [4.69, 9.17) is 21.9 Å². The fourth-order valence-electron chi connectivity index (χ4n) is 3.95.